The Morgan fingerprint density at radius 1 is 1.50 bits per heavy atom. The Bertz CT molecular complexity index is 647. The average molecular weight is 291 g/mol. The number of amides is 1. The van der Waals surface area contributed by atoms with Gasteiger partial charge in [-0.15, -0.1) is 0 Å². The highest BCUT2D eigenvalue weighted by Crippen LogP contribution is 2.33. The quantitative estimate of drug-likeness (QED) is 0.893. The standard InChI is InChI=1S/C16H19ClN2O/c1-2-7-18-16(20)10-3-5-14-12(8-10)13-9-11(17)4-6-15(13)19-14/h4,6,9-10,19H,2-3,5,7-8H2,1H3,(H,18,20). The summed E-state index contributed by atoms with van der Waals surface area (Å²) in [4.78, 5) is 15.6. The maximum Gasteiger partial charge on any atom is 0.223 e. The molecule has 0 spiro atoms. The molecule has 1 amide bonds. The molecule has 1 atom stereocenters. The number of carbonyl (C=O) groups is 1. The van der Waals surface area contributed by atoms with Gasteiger partial charge in [0.25, 0.3) is 0 Å². The molecule has 1 aromatic carbocycles. The molecule has 20 heavy (non-hydrogen) atoms. The predicted molar refractivity (Wildman–Crippen MR) is 82.1 cm³/mol. The van der Waals surface area contributed by atoms with Crippen LogP contribution < -0.4 is 5.32 Å². The minimum Gasteiger partial charge on any atom is -0.358 e. The summed E-state index contributed by atoms with van der Waals surface area (Å²) in [5, 5.41) is 4.92. The first kappa shape index (κ1) is 13.5. The summed E-state index contributed by atoms with van der Waals surface area (Å²) < 4.78 is 0. The molecular formula is C16H19ClN2O. The van der Waals surface area contributed by atoms with Crippen molar-refractivity contribution >= 4 is 28.4 Å². The number of aromatic amines is 1. The van der Waals surface area contributed by atoms with Gasteiger partial charge >= 0.3 is 0 Å². The van der Waals surface area contributed by atoms with E-state index in [4.69, 9.17) is 11.6 Å². The van der Waals surface area contributed by atoms with Crippen LogP contribution in [0.1, 0.15) is 31.0 Å². The van der Waals surface area contributed by atoms with E-state index in [1.807, 2.05) is 18.2 Å². The van der Waals surface area contributed by atoms with Gasteiger partial charge in [-0.3, -0.25) is 4.79 Å². The van der Waals surface area contributed by atoms with E-state index in [0.717, 1.165) is 42.8 Å². The van der Waals surface area contributed by atoms with Gasteiger partial charge in [0, 0.05) is 34.1 Å². The molecule has 2 aromatic rings. The lowest BCUT2D eigenvalue weighted by atomic mass is 9.86. The molecular weight excluding hydrogens is 272 g/mol. The zero-order valence-electron chi connectivity index (χ0n) is 11.6. The van der Waals surface area contributed by atoms with E-state index in [2.05, 4.69) is 17.2 Å². The van der Waals surface area contributed by atoms with E-state index in [-0.39, 0.29) is 11.8 Å². The maximum atomic E-state index is 12.1. The first-order chi connectivity index (χ1) is 9.69. The summed E-state index contributed by atoms with van der Waals surface area (Å²) in [5.41, 5.74) is 3.65. The van der Waals surface area contributed by atoms with Gasteiger partial charge in [0.05, 0.1) is 0 Å². The van der Waals surface area contributed by atoms with Crippen molar-refractivity contribution in [2.75, 3.05) is 6.54 Å². The van der Waals surface area contributed by atoms with Gasteiger partial charge < -0.3 is 10.3 Å². The number of hydrogen-bond acceptors (Lipinski definition) is 1. The number of carbonyl (C=O) groups excluding carboxylic acids is 1. The third kappa shape index (κ3) is 2.42. The Balaban J connectivity index is 1.88. The van der Waals surface area contributed by atoms with Crippen molar-refractivity contribution in [1.29, 1.82) is 0 Å². The molecule has 1 aliphatic carbocycles. The fraction of sp³-hybridized carbons (Fsp3) is 0.438. The van der Waals surface area contributed by atoms with Crippen molar-refractivity contribution in [2.24, 2.45) is 5.92 Å². The summed E-state index contributed by atoms with van der Waals surface area (Å²) in [5.74, 6) is 0.279. The number of halogens is 1. The highest BCUT2D eigenvalue weighted by atomic mass is 35.5. The van der Waals surface area contributed by atoms with E-state index in [1.54, 1.807) is 0 Å². The fourth-order valence-corrected chi connectivity index (χ4v) is 3.18. The number of nitrogens with one attached hydrogen (secondary N) is 2. The Morgan fingerprint density at radius 2 is 2.35 bits per heavy atom. The molecule has 0 saturated heterocycles. The van der Waals surface area contributed by atoms with Crippen LogP contribution in [-0.4, -0.2) is 17.4 Å². The number of aryl methyl sites for hydroxylation is 1. The van der Waals surface area contributed by atoms with Crippen LogP contribution in [0.2, 0.25) is 5.02 Å². The number of benzene rings is 1. The Morgan fingerprint density at radius 3 is 3.15 bits per heavy atom. The molecule has 2 N–H and O–H groups in total. The summed E-state index contributed by atoms with van der Waals surface area (Å²) in [7, 11) is 0. The molecule has 4 heteroatoms. The number of H-pyrrole nitrogens is 1. The maximum absolute atomic E-state index is 12.1. The Labute approximate surface area is 123 Å². The van der Waals surface area contributed by atoms with Gasteiger partial charge in [-0.2, -0.15) is 0 Å². The van der Waals surface area contributed by atoms with E-state index in [0.29, 0.717) is 0 Å². The van der Waals surface area contributed by atoms with Crippen LogP contribution >= 0.6 is 11.6 Å². The van der Waals surface area contributed by atoms with Crippen LogP contribution in [0.15, 0.2) is 18.2 Å². The van der Waals surface area contributed by atoms with E-state index < -0.39 is 0 Å². The lowest BCUT2D eigenvalue weighted by molar-refractivity contribution is -0.125. The molecule has 1 aliphatic rings. The van der Waals surface area contributed by atoms with E-state index >= 15 is 0 Å². The van der Waals surface area contributed by atoms with Gasteiger partial charge in [0.1, 0.15) is 0 Å². The van der Waals surface area contributed by atoms with Crippen molar-refractivity contribution in [3.05, 3.63) is 34.5 Å². The van der Waals surface area contributed by atoms with Crippen LogP contribution in [0.4, 0.5) is 0 Å². The first-order valence-electron chi connectivity index (χ1n) is 7.25. The molecule has 1 aromatic heterocycles. The number of fused-ring (bicyclic) bond motifs is 3. The number of rotatable bonds is 3. The second kappa shape index (κ2) is 5.49. The van der Waals surface area contributed by atoms with Crippen molar-refractivity contribution < 1.29 is 4.79 Å². The highest BCUT2D eigenvalue weighted by molar-refractivity contribution is 6.31. The number of aromatic nitrogens is 1. The van der Waals surface area contributed by atoms with Crippen LogP contribution in [-0.2, 0) is 17.6 Å². The lowest BCUT2D eigenvalue weighted by Gasteiger charge is -2.21. The molecule has 1 unspecified atom stereocenters. The highest BCUT2D eigenvalue weighted by Gasteiger charge is 2.27. The molecule has 3 rings (SSSR count). The third-order valence-corrected chi connectivity index (χ3v) is 4.31. The van der Waals surface area contributed by atoms with Gasteiger partial charge in [-0.1, -0.05) is 18.5 Å². The fourth-order valence-electron chi connectivity index (χ4n) is 3.01. The van der Waals surface area contributed by atoms with E-state index in [1.165, 1.54) is 16.6 Å². The van der Waals surface area contributed by atoms with Crippen LogP contribution in [0.3, 0.4) is 0 Å². The monoisotopic (exact) mass is 290 g/mol. The molecule has 0 radical (unpaired) electrons. The van der Waals surface area contributed by atoms with Crippen molar-refractivity contribution in [1.82, 2.24) is 10.3 Å². The molecule has 0 bridgehead atoms. The Hall–Kier alpha value is -1.48. The molecule has 0 saturated carbocycles. The van der Waals surface area contributed by atoms with Crippen molar-refractivity contribution in [2.45, 2.75) is 32.6 Å². The average Bonchev–Trinajstić information content (AvgIpc) is 2.82. The summed E-state index contributed by atoms with van der Waals surface area (Å²) in [6, 6.07) is 5.91. The Kier molecular flexibility index (Phi) is 3.70. The van der Waals surface area contributed by atoms with Gasteiger partial charge in [-0.05, 0) is 49.4 Å². The SMILES string of the molecule is CCCNC(=O)C1CCc2[nH]c3ccc(Cl)cc3c2C1. The van der Waals surface area contributed by atoms with Crippen LogP contribution in [0, 0.1) is 5.92 Å². The second-order valence-electron chi connectivity index (χ2n) is 5.50. The molecule has 0 fully saturated rings. The first-order valence-corrected chi connectivity index (χ1v) is 7.63. The predicted octanol–water partition coefficient (Wildman–Crippen LogP) is 3.45. The van der Waals surface area contributed by atoms with Crippen molar-refractivity contribution in [3.63, 3.8) is 0 Å². The normalized spacial score (nSPS) is 18.0. The van der Waals surface area contributed by atoms with Crippen LogP contribution in [0.25, 0.3) is 10.9 Å². The number of hydrogen-bond donors (Lipinski definition) is 2. The molecule has 1 heterocycles. The topological polar surface area (TPSA) is 44.9 Å². The largest absolute Gasteiger partial charge is 0.358 e. The second-order valence-corrected chi connectivity index (χ2v) is 5.94. The summed E-state index contributed by atoms with van der Waals surface area (Å²) >= 11 is 6.09. The van der Waals surface area contributed by atoms with Crippen molar-refractivity contribution in [3.8, 4) is 0 Å². The molecule has 106 valence electrons. The van der Waals surface area contributed by atoms with Gasteiger partial charge in [0.15, 0.2) is 0 Å². The minimum atomic E-state index is 0.0898. The van der Waals surface area contributed by atoms with E-state index in [9.17, 15) is 4.79 Å². The smallest absolute Gasteiger partial charge is 0.223 e. The molecule has 0 aliphatic heterocycles. The van der Waals surface area contributed by atoms with Gasteiger partial charge in [-0.25, -0.2) is 0 Å². The third-order valence-electron chi connectivity index (χ3n) is 4.07. The van der Waals surface area contributed by atoms with Crippen LogP contribution in [0.5, 0.6) is 0 Å². The lowest BCUT2D eigenvalue weighted by Crippen LogP contribution is -2.34. The molecule has 3 nitrogen and oxygen atoms in total. The minimum absolute atomic E-state index is 0.0898. The zero-order chi connectivity index (χ0) is 14.1. The summed E-state index contributed by atoms with van der Waals surface area (Å²) in [6.45, 7) is 2.84. The summed E-state index contributed by atoms with van der Waals surface area (Å²) in [6.07, 6.45) is 3.65. The van der Waals surface area contributed by atoms with Gasteiger partial charge in [0.2, 0.25) is 5.91 Å². The zero-order valence-corrected chi connectivity index (χ0v) is 12.4.